The van der Waals surface area contributed by atoms with Crippen molar-refractivity contribution in [2.45, 2.75) is 25.7 Å². The third kappa shape index (κ3) is 3.17. The lowest BCUT2D eigenvalue weighted by atomic mass is 9.89. The number of piperidine rings is 1. The van der Waals surface area contributed by atoms with Gasteiger partial charge in [-0.3, -0.25) is 0 Å². The fourth-order valence-electron chi connectivity index (χ4n) is 3.61. The molecule has 1 fully saturated rings. The summed E-state index contributed by atoms with van der Waals surface area (Å²) < 4.78 is 6.15. The van der Waals surface area contributed by atoms with Gasteiger partial charge in [0.05, 0.1) is 7.11 Å². The van der Waals surface area contributed by atoms with Crippen molar-refractivity contribution in [3.8, 4) is 0 Å². The molecule has 0 saturated carbocycles. The standard InChI is InChI=1S/C20H21N3O2S/c1-13-11-17(19(24)25-2)22-20(21-13)23-9-7-14(8-10-23)16-12-26-18-6-4-3-5-15(16)18/h3-6,11-12,14H,7-10H2,1-2H3. The Bertz CT molecular complexity index is 945. The second-order valence-corrected chi connectivity index (χ2v) is 7.55. The fraction of sp³-hybridized carbons (Fsp3) is 0.350. The first-order chi connectivity index (χ1) is 12.7. The van der Waals surface area contributed by atoms with E-state index in [0.29, 0.717) is 17.6 Å². The van der Waals surface area contributed by atoms with Crippen LogP contribution in [0, 0.1) is 6.92 Å². The van der Waals surface area contributed by atoms with Gasteiger partial charge in [-0.15, -0.1) is 11.3 Å². The van der Waals surface area contributed by atoms with Crippen molar-refractivity contribution in [1.82, 2.24) is 9.97 Å². The van der Waals surface area contributed by atoms with Crippen molar-refractivity contribution in [1.29, 1.82) is 0 Å². The van der Waals surface area contributed by atoms with Crippen LogP contribution >= 0.6 is 11.3 Å². The number of hydrogen-bond donors (Lipinski definition) is 0. The molecule has 3 aromatic rings. The van der Waals surface area contributed by atoms with Crippen LogP contribution in [0.25, 0.3) is 10.1 Å². The Hall–Kier alpha value is -2.47. The van der Waals surface area contributed by atoms with E-state index in [-0.39, 0.29) is 0 Å². The summed E-state index contributed by atoms with van der Waals surface area (Å²) in [5, 5.41) is 3.69. The summed E-state index contributed by atoms with van der Waals surface area (Å²) in [4.78, 5) is 22.9. The van der Waals surface area contributed by atoms with Gasteiger partial charge in [0, 0.05) is 23.5 Å². The Balaban J connectivity index is 1.52. The number of ether oxygens (including phenoxy) is 1. The molecule has 1 aliphatic rings. The number of anilines is 1. The highest BCUT2D eigenvalue weighted by Gasteiger charge is 2.25. The van der Waals surface area contributed by atoms with Crippen molar-refractivity contribution >= 4 is 33.3 Å². The van der Waals surface area contributed by atoms with Crippen molar-refractivity contribution in [3.63, 3.8) is 0 Å². The molecule has 134 valence electrons. The SMILES string of the molecule is COC(=O)c1cc(C)nc(N2CCC(c3csc4ccccc34)CC2)n1. The van der Waals surface area contributed by atoms with Gasteiger partial charge in [0.1, 0.15) is 0 Å². The number of benzene rings is 1. The van der Waals surface area contributed by atoms with E-state index in [1.165, 1.54) is 22.8 Å². The van der Waals surface area contributed by atoms with Gasteiger partial charge in [0.25, 0.3) is 0 Å². The van der Waals surface area contributed by atoms with Gasteiger partial charge in [0.15, 0.2) is 5.69 Å². The zero-order chi connectivity index (χ0) is 18.1. The Labute approximate surface area is 156 Å². The number of aromatic nitrogens is 2. The van der Waals surface area contributed by atoms with Crippen molar-refractivity contribution in [2.24, 2.45) is 0 Å². The molecule has 0 unspecified atom stereocenters. The Kier molecular flexibility index (Phi) is 4.59. The lowest BCUT2D eigenvalue weighted by Crippen LogP contribution is -2.34. The number of nitrogens with zero attached hydrogens (tertiary/aromatic N) is 3. The van der Waals surface area contributed by atoms with Gasteiger partial charge >= 0.3 is 5.97 Å². The van der Waals surface area contributed by atoms with E-state index in [1.807, 2.05) is 18.3 Å². The smallest absolute Gasteiger partial charge is 0.356 e. The van der Waals surface area contributed by atoms with Crippen molar-refractivity contribution in [2.75, 3.05) is 25.1 Å². The molecule has 0 N–H and O–H groups in total. The first-order valence-electron chi connectivity index (χ1n) is 8.81. The van der Waals surface area contributed by atoms with Gasteiger partial charge in [-0.1, -0.05) is 18.2 Å². The summed E-state index contributed by atoms with van der Waals surface area (Å²) in [5.74, 6) is 0.766. The van der Waals surface area contributed by atoms with Crippen LogP contribution in [0.4, 0.5) is 5.95 Å². The van der Waals surface area contributed by atoms with Crippen LogP contribution in [-0.4, -0.2) is 36.1 Å². The van der Waals surface area contributed by atoms with Gasteiger partial charge in [-0.25, -0.2) is 14.8 Å². The van der Waals surface area contributed by atoms with Crippen LogP contribution in [0.3, 0.4) is 0 Å². The summed E-state index contributed by atoms with van der Waals surface area (Å²) in [5.41, 5.74) is 2.56. The maximum atomic E-state index is 11.8. The van der Waals surface area contributed by atoms with Crippen LogP contribution in [-0.2, 0) is 4.74 Å². The maximum Gasteiger partial charge on any atom is 0.356 e. The third-order valence-corrected chi connectivity index (χ3v) is 5.95. The molecule has 5 nitrogen and oxygen atoms in total. The zero-order valence-corrected chi connectivity index (χ0v) is 15.8. The van der Waals surface area contributed by atoms with E-state index in [2.05, 4.69) is 44.5 Å². The number of fused-ring (bicyclic) bond motifs is 1. The van der Waals surface area contributed by atoms with Crippen molar-refractivity contribution in [3.05, 3.63) is 52.7 Å². The number of rotatable bonds is 3. The molecule has 1 aromatic carbocycles. The van der Waals surface area contributed by atoms with Gasteiger partial charge in [-0.2, -0.15) is 0 Å². The summed E-state index contributed by atoms with van der Waals surface area (Å²) in [7, 11) is 1.37. The summed E-state index contributed by atoms with van der Waals surface area (Å²) in [6.45, 7) is 3.65. The van der Waals surface area contributed by atoms with Crippen LogP contribution in [0.5, 0.6) is 0 Å². The normalized spacial score (nSPS) is 15.4. The molecule has 0 atom stereocenters. The fourth-order valence-corrected chi connectivity index (χ4v) is 4.65. The lowest BCUT2D eigenvalue weighted by molar-refractivity contribution is 0.0593. The highest BCUT2D eigenvalue weighted by molar-refractivity contribution is 7.17. The van der Waals surface area contributed by atoms with Gasteiger partial charge in [0.2, 0.25) is 5.95 Å². The lowest BCUT2D eigenvalue weighted by Gasteiger charge is -2.32. The van der Waals surface area contributed by atoms with Gasteiger partial charge < -0.3 is 9.64 Å². The van der Waals surface area contributed by atoms with Crippen LogP contribution < -0.4 is 4.90 Å². The minimum Gasteiger partial charge on any atom is -0.464 e. The summed E-state index contributed by atoms with van der Waals surface area (Å²) in [6.07, 6.45) is 2.12. The molecule has 4 rings (SSSR count). The largest absolute Gasteiger partial charge is 0.464 e. The van der Waals surface area contributed by atoms with E-state index in [4.69, 9.17) is 4.74 Å². The highest BCUT2D eigenvalue weighted by atomic mass is 32.1. The second kappa shape index (κ2) is 7.03. The topological polar surface area (TPSA) is 55.3 Å². The number of carbonyl (C=O) groups excluding carboxylic acids is 1. The second-order valence-electron chi connectivity index (χ2n) is 6.63. The molecule has 0 radical (unpaired) electrons. The average Bonchev–Trinajstić information content (AvgIpc) is 3.11. The number of aryl methyl sites for hydroxylation is 1. The Morgan fingerprint density at radius 2 is 2.00 bits per heavy atom. The minimum absolute atomic E-state index is 0.320. The predicted molar refractivity (Wildman–Crippen MR) is 104 cm³/mol. The molecule has 2 aromatic heterocycles. The minimum atomic E-state index is -0.420. The molecular formula is C20H21N3O2S. The van der Waals surface area contributed by atoms with Crippen LogP contribution in [0.2, 0.25) is 0 Å². The van der Waals surface area contributed by atoms with Gasteiger partial charge in [-0.05, 0) is 54.1 Å². The molecule has 0 bridgehead atoms. The van der Waals surface area contributed by atoms with E-state index < -0.39 is 5.97 Å². The highest BCUT2D eigenvalue weighted by Crippen LogP contribution is 2.37. The van der Waals surface area contributed by atoms with Crippen molar-refractivity contribution < 1.29 is 9.53 Å². The Morgan fingerprint density at radius 1 is 1.23 bits per heavy atom. The quantitative estimate of drug-likeness (QED) is 0.650. The number of esters is 1. The third-order valence-electron chi connectivity index (χ3n) is 4.97. The van der Waals surface area contributed by atoms with Crippen LogP contribution in [0.15, 0.2) is 35.7 Å². The molecule has 1 saturated heterocycles. The Morgan fingerprint density at radius 3 is 2.77 bits per heavy atom. The first-order valence-corrected chi connectivity index (χ1v) is 9.69. The first kappa shape index (κ1) is 17.0. The van der Waals surface area contributed by atoms with Crippen LogP contribution in [0.1, 0.15) is 40.5 Å². The number of thiophene rings is 1. The molecule has 0 spiro atoms. The number of hydrogen-bond acceptors (Lipinski definition) is 6. The summed E-state index contributed by atoms with van der Waals surface area (Å²) in [6, 6.07) is 10.3. The number of methoxy groups -OCH3 is 1. The molecule has 26 heavy (non-hydrogen) atoms. The maximum absolute atomic E-state index is 11.8. The number of carbonyl (C=O) groups is 1. The van der Waals surface area contributed by atoms with E-state index >= 15 is 0 Å². The molecular weight excluding hydrogens is 346 g/mol. The van der Waals surface area contributed by atoms with E-state index in [9.17, 15) is 4.79 Å². The monoisotopic (exact) mass is 367 g/mol. The molecule has 1 aliphatic heterocycles. The molecule has 3 heterocycles. The average molecular weight is 367 g/mol. The predicted octanol–water partition coefficient (Wildman–Crippen LogP) is 4.17. The van der Waals surface area contributed by atoms with E-state index in [1.54, 1.807) is 6.07 Å². The summed E-state index contributed by atoms with van der Waals surface area (Å²) >= 11 is 1.82. The molecule has 0 amide bonds. The zero-order valence-electron chi connectivity index (χ0n) is 14.9. The van der Waals surface area contributed by atoms with E-state index in [0.717, 1.165) is 31.6 Å². The molecule has 6 heteroatoms. The molecule has 0 aliphatic carbocycles.